The van der Waals surface area contributed by atoms with E-state index in [0.717, 1.165) is 30.0 Å². The van der Waals surface area contributed by atoms with Gasteiger partial charge in [0.25, 0.3) is 0 Å². The molecular formula is C20H22N4O4. The maximum atomic E-state index is 5.94. The molecule has 1 aromatic carbocycles. The van der Waals surface area contributed by atoms with Gasteiger partial charge in [0.1, 0.15) is 18.5 Å². The van der Waals surface area contributed by atoms with E-state index in [1.165, 1.54) is 0 Å². The first-order valence-electron chi connectivity index (χ1n) is 9.07. The van der Waals surface area contributed by atoms with Crippen LogP contribution in [0.1, 0.15) is 12.2 Å². The predicted molar refractivity (Wildman–Crippen MR) is 102 cm³/mol. The minimum absolute atomic E-state index is 0.119. The third-order valence-corrected chi connectivity index (χ3v) is 4.49. The molecule has 1 atom stereocenters. The molecule has 1 fully saturated rings. The van der Waals surface area contributed by atoms with Crippen molar-refractivity contribution >= 4 is 0 Å². The van der Waals surface area contributed by atoms with E-state index in [2.05, 4.69) is 15.2 Å². The number of methoxy groups -OCH3 is 2. The number of hydrogen-bond donors (Lipinski definition) is 0. The number of hydrogen-bond acceptors (Lipinski definition) is 7. The molecule has 1 aliphatic heterocycles. The number of benzene rings is 1. The van der Waals surface area contributed by atoms with E-state index in [9.17, 15) is 0 Å². The Bertz CT molecular complexity index is 903. The predicted octanol–water partition coefficient (Wildman–Crippen LogP) is 2.65. The summed E-state index contributed by atoms with van der Waals surface area (Å²) in [6.45, 7) is 1.73. The van der Waals surface area contributed by atoms with Gasteiger partial charge in [-0.05, 0) is 30.3 Å². The fraction of sp³-hybridized carbons (Fsp3) is 0.350. The quantitative estimate of drug-likeness (QED) is 0.621. The largest absolute Gasteiger partial charge is 0.488 e. The van der Waals surface area contributed by atoms with Crippen molar-refractivity contribution in [2.45, 2.75) is 19.1 Å². The first-order chi connectivity index (χ1) is 13.8. The Morgan fingerprint density at radius 1 is 1.11 bits per heavy atom. The van der Waals surface area contributed by atoms with Gasteiger partial charge in [-0.2, -0.15) is 0 Å². The zero-order valence-electron chi connectivity index (χ0n) is 15.9. The van der Waals surface area contributed by atoms with Crippen LogP contribution in [0.15, 0.2) is 42.6 Å². The number of ether oxygens (including phenoxy) is 4. The van der Waals surface area contributed by atoms with Gasteiger partial charge in [-0.1, -0.05) is 0 Å². The average molecular weight is 382 g/mol. The molecule has 4 rings (SSSR count). The minimum Gasteiger partial charge on any atom is -0.488 e. The molecule has 28 heavy (non-hydrogen) atoms. The highest BCUT2D eigenvalue weighted by molar-refractivity contribution is 5.59. The highest BCUT2D eigenvalue weighted by Crippen LogP contribution is 2.26. The van der Waals surface area contributed by atoms with Crippen molar-refractivity contribution in [2.24, 2.45) is 0 Å². The van der Waals surface area contributed by atoms with Crippen LogP contribution in [0.3, 0.4) is 0 Å². The SMILES string of the molecule is COCc1nnc(-c2ccc(O[C@H]3CCOC3)cc2)n1-c1ccc(OC)nc1. The molecule has 1 saturated heterocycles. The zero-order valence-corrected chi connectivity index (χ0v) is 15.9. The molecular weight excluding hydrogens is 360 g/mol. The van der Waals surface area contributed by atoms with Crippen molar-refractivity contribution in [2.75, 3.05) is 27.4 Å². The van der Waals surface area contributed by atoms with Crippen LogP contribution in [0, 0.1) is 0 Å². The number of pyridine rings is 1. The summed E-state index contributed by atoms with van der Waals surface area (Å²) >= 11 is 0. The molecule has 1 aliphatic rings. The van der Waals surface area contributed by atoms with Crippen molar-refractivity contribution in [3.8, 4) is 28.7 Å². The number of nitrogens with zero attached hydrogens (tertiary/aromatic N) is 4. The molecule has 0 amide bonds. The molecule has 8 nitrogen and oxygen atoms in total. The van der Waals surface area contributed by atoms with Gasteiger partial charge in [-0.3, -0.25) is 4.57 Å². The fourth-order valence-corrected chi connectivity index (χ4v) is 3.10. The first kappa shape index (κ1) is 18.4. The Labute approximate surface area is 163 Å². The van der Waals surface area contributed by atoms with Crippen LogP contribution in [0.25, 0.3) is 17.1 Å². The average Bonchev–Trinajstić information content (AvgIpc) is 3.39. The normalized spacial score (nSPS) is 16.3. The lowest BCUT2D eigenvalue weighted by Crippen LogP contribution is -2.15. The Balaban J connectivity index is 1.64. The van der Waals surface area contributed by atoms with E-state index < -0.39 is 0 Å². The molecule has 0 radical (unpaired) electrons. The van der Waals surface area contributed by atoms with E-state index >= 15 is 0 Å². The van der Waals surface area contributed by atoms with Crippen LogP contribution >= 0.6 is 0 Å². The van der Waals surface area contributed by atoms with Gasteiger partial charge in [0.2, 0.25) is 5.88 Å². The second kappa shape index (κ2) is 8.37. The van der Waals surface area contributed by atoms with Crippen LogP contribution in [0.4, 0.5) is 0 Å². The maximum Gasteiger partial charge on any atom is 0.213 e. The Morgan fingerprint density at radius 3 is 2.61 bits per heavy atom. The fourth-order valence-electron chi connectivity index (χ4n) is 3.10. The summed E-state index contributed by atoms with van der Waals surface area (Å²) in [5.41, 5.74) is 1.75. The summed E-state index contributed by atoms with van der Waals surface area (Å²) in [4.78, 5) is 4.29. The van der Waals surface area contributed by atoms with Crippen molar-refractivity contribution in [3.63, 3.8) is 0 Å². The molecule has 3 heterocycles. The third kappa shape index (κ3) is 3.83. The minimum atomic E-state index is 0.119. The number of rotatable bonds is 7. The molecule has 0 saturated carbocycles. The second-order valence-electron chi connectivity index (χ2n) is 6.39. The molecule has 2 aromatic heterocycles. The highest BCUT2D eigenvalue weighted by Gasteiger charge is 2.18. The Morgan fingerprint density at radius 2 is 1.96 bits per heavy atom. The summed E-state index contributed by atoms with van der Waals surface area (Å²) < 4.78 is 23.6. The molecule has 0 spiro atoms. The van der Waals surface area contributed by atoms with Gasteiger partial charge in [0, 0.05) is 25.2 Å². The first-order valence-corrected chi connectivity index (χ1v) is 9.07. The van der Waals surface area contributed by atoms with Crippen LogP contribution in [0.5, 0.6) is 11.6 Å². The number of aromatic nitrogens is 4. The Hall–Kier alpha value is -2.97. The van der Waals surface area contributed by atoms with E-state index in [0.29, 0.717) is 30.7 Å². The van der Waals surface area contributed by atoms with Gasteiger partial charge < -0.3 is 18.9 Å². The standard InChI is InChI=1S/C20H22N4O4/c1-25-13-18-22-23-20(24(18)15-5-8-19(26-2)21-11-15)14-3-6-16(7-4-14)28-17-9-10-27-12-17/h3-8,11,17H,9-10,12-13H2,1-2H3/t17-/m0/s1. The molecule has 0 aliphatic carbocycles. The molecule has 0 unspecified atom stereocenters. The molecule has 0 N–H and O–H groups in total. The molecule has 3 aromatic rings. The van der Waals surface area contributed by atoms with E-state index in [-0.39, 0.29) is 6.10 Å². The van der Waals surface area contributed by atoms with Gasteiger partial charge >= 0.3 is 0 Å². The highest BCUT2D eigenvalue weighted by atomic mass is 16.5. The van der Waals surface area contributed by atoms with Crippen LogP contribution in [0.2, 0.25) is 0 Å². The summed E-state index contributed by atoms with van der Waals surface area (Å²) in [6.07, 6.45) is 2.76. The van der Waals surface area contributed by atoms with E-state index in [1.807, 2.05) is 34.9 Å². The zero-order chi connectivity index (χ0) is 19.3. The van der Waals surface area contributed by atoms with Gasteiger partial charge in [-0.15, -0.1) is 10.2 Å². The van der Waals surface area contributed by atoms with E-state index in [1.54, 1.807) is 26.5 Å². The van der Waals surface area contributed by atoms with Crippen molar-refractivity contribution in [3.05, 3.63) is 48.4 Å². The lowest BCUT2D eigenvalue weighted by Gasteiger charge is -2.13. The molecule has 0 bridgehead atoms. The van der Waals surface area contributed by atoms with Crippen molar-refractivity contribution < 1.29 is 18.9 Å². The second-order valence-corrected chi connectivity index (χ2v) is 6.39. The topological polar surface area (TPSA) is 80.5 Å². The summed E-state index contributed by atoms with van der Waals surface area (Å²) in [6, 6.07) is 11.5. The van der Waals surface area contributed by atoms with Gasteiger partial charge in [-0.25, -0.2) is 4.98 Å². The van der Waals surface area contributed by atoms with Crippen molar-refractivity contribution in [1.29, 1.82) is 0 Å². The molecule has 8 heteroatoms. The molecule has 146 valence electrons. The lowest BCUT2D eigenvalue weighted by molar-refractivity contribution is 0.141. The van der Waals surface area contributed by atoms with Crippen LogP contribution < -0.4 is 9.47 Å². The van der Waals surface area contributed by atoms with Crippen LogP contribution in [-0.4, -0.2) is 53.3 Å². The maximum absolute atomic E-state index is 5.94. The summed E-state index contributed by atoms with van der Waals surface area (Å²) in [5, 5.41) is 8.66. The summed E-state index contributed by atoms with van der Waals surface area (Å²) in [5.74, 6) is 2.75. The smallest absolute Gasteiger partial charge is 0.213 e. The monoisotopic (exact) mass is 382 g/mol. The van der Waals surface area contributed by atoms with Gasteiger partial charge in [0.15, 0.2) is 11.6 Å². The van der Waals surface area contributed by atoms with Gasteiger partial charge in [0.05, 0.1) is 32.2 Å². The third-order valence-electron chi connectivity index (χ3n) is 4.49. The van der Waals surface area contributed by atoms with Crippen molar-refractivity contribution in [1.82, 2.24) is 19.7 Å². The van der Waals surface area contributed by atoms with Crippen LogP contribution in [-0.2, 0) is 16.1 Å². The summed E-state index contributed by atoms with van der Waals surface area (Å²) in [7, 11) is 3.22. The Kier molecular flexibility index (Phi) is 5.50. The van der Waals surface area contributed by atoms with E-state index in [4.69, 9.17) is 18.9 Å². The lowest BCUT2D eigenvalue weighted by atomic mass is 10.2.